The van der Waals surface area contributed by atoms with Crippen LogP contribution in [0.25, 0.3) is 0 Å². The van der Waals surface area contributed by atoms with Gasteiger partial charge in [0, 0.05) is 6.04 Å². The molecule has 0 aliphatic carbocycles. The molecule has 0 aliphatic rings. The maximum absolute atomic E-state index is 9.59. The van der Waals surface area contributed by atoms with Crippen molar-refractivity contribution in [1.82, 2.24) is 0 Å². The number of phenols is 1. The quantitative estimate of drug-likeness (QED) is 0.810. The van der Waals surface area contributed by atoms with E-state index in [2.05, 4.69) is 0 Å². The van der Waals surface area contributed by atoms with Gasteiger partial charge >= 0.3 is 0 Å². The van der Waals surface area contributed by atoms with E-state index in [9.17, 15) is 5.11 Å². The van der Waals surface area contributed by atoms with Crippen LogP contribution in [-0.2, 0) is 6.42 Å². The number of ether oxygens (including phenoxy) is 1. The number of aromatic hydroxyl groups is 1. The van der Waals surface area contributed by atoms with Crippen molar-refractivity contribution in [3.63, 3.8) is 0 Å². The summed E-state index contributed by atoms with van der Waals surface area (Å²) < 4.78 is 4.92. The van der Waals surface area contributed by atoms with Crippen molar-refractivity contribution in [3.05, 3.63) is 22.7 Å². The lowest BCUT2D eigenvalue weighted by molar-refractivity contribution is 0.373. The standard InChI is InChI=1S/C10H14ClNO2/c1-6(12)5-7-3-4-8(14-2)10(13)9(7)11/h3-4,6,13H,5,12H2,1-2H3. The summed E-state index contributed by atoms with van der Waals surface area (Å²) in [4.78, 5) is 0. The largest absolute Gasteiger partial charge is 0.503 e. The summed E-state index contributed by atoms with van der Waals surface area (Å²) in [6.45, 7) is 1.89. The summed E-state index contributed by atoms with van der Waals surface area (Å²) in [5.74, 6) is 0.357. The molecule has 1 aromatic rings. The molecule has 1 rings (SSSR count). The molecular weight excluding hydrogens is 202 g/mol. The van der Waals surface area contributed by atoms with E-state index in [1.54, 1.807) is 6.07 Å². The first kappa shape index (κ1) is 11.1. The Morgan fingerprint density at radius 1 is 1.57 bits per heavy atom. The molecule has 0 spiro atoms. The number of hydrogen-bond donors (Lipinski definition) is 2. The maximum Gasteiger partial charge on any atom is 0.177 e. The minimum atomic E-state index is -0.0210. The second kappa shape index (κ2) is 4.53. The van der Waals surface area contributed by atoms with Gasteiger partial charge in [-0.1, -0.05) is 17.7 Å². The van der Waals surface area contributed by atoms with Crippen LogP contribution in [0.3, 0.4) is 0 Å². The highest BCUT2D eigenvalue weighted by Gasteiger charge is 2.11. The van der Waals surface area contributed by atoms with Gasteiger partial charge in [-0.2, -0.15) is 0 Å². The SMILES string of the molecule is COc1ccc(CC(C)N)c(Cl)c1O. The van der Waals surface area contributed by atoms with Gasteiger partial charge in [-0.25, -0.2) is 0 Å². The van der Waals surface area contributed by atoms with Gasteiger partial charge in [-0.3, -0.25) is 0 Å². The van der Waals surface area contributed by atoms with Crippen molar-refractivity contribution in [3.8, 4) is 11.5 Å². The summed E-state index contributed by atoms with van der Waals surface area (Å²) in [6, 6.07) is 3.50. The highest BCUT2D eigenvalue weighted by Crippen LogP contribution is 2.36. The van der Waals surface area contributed by atoms with Crippen LogP contribution in [0.1, 0.15) is 12.5 Å². The van der Waals surface area contributed by atoms with Crippen molar-refractivity contribution < 1.29 is 9.84 Å². The Morgan fingerprint density at radius 3 is 2.71 bits per heavy atom. The average molecular weight is 216 g/mol. The van der Waals surface area contributed by atoms with E-state index in [0.29, 0.717) is 17.2 Å². The second-order valence-corrected chi connectivity index (χ2v) is 3.65. The molecule has 4 heteroatoms. The van der Waals surface area contributed by atoms with Crippen molar-refractivity contribution in [2.24, 2.45) is 5.73 Å². The Balaban J connectivity index is 3.04. The van der Waals surface area contributed by atoms with Gasteiger partial charge < -0.3 is 15.6 Å². The predicted molar refractivity (Wildman–Crippen MR) is 57.0 cm³/mol. The van der Waals surface area contributed by atoms with E-state index in [4.69, 9.17) is 22.1 Å². The third-order valence-electron chi connectivity index (χ3n) is 1.92. The van der Waals surface area contributed by atoms with E-state index < -0.39 is 0 Å². The molecule has 0 heterocycles. The lowest BCUT2D eigenvalue weighted by Gasteiger charge is -2.11. The number of rotatable bonds is 3. The Kier molecular flexibility index (Phi) is 3.61. The fourth-order valence-electron chi connectivity index (χ4n) is 1.26. The van der Waals surface area contributed by atoms with Gasteiger partial charge in [-0.05, 0) is 25.0 Å². The Bertz CT molecular complexity index is 326. The van der Waals surface area contributed by atoms with E-state index in [-0.39, 0.29) is 11.8 Å². The Hall–Kier alpha value is -0.930. The van der Waals surface area contributed by atoms with E-state index in [0.717, 1.165) is 5.56 Å². The molecule has 0 bridgehead atoms. The molecule has 0 amide bonds. The van der Waals surface area contributed by atoms with Crippen LogP contribution in [0, 0.1) is 0 Å². The number of benzene rings is 1. The lowest BCUT2D eigenvalue weighted by atomic mass is 10.1. The molecule has 0 saturated heterocycles. The molecule has 0 aromatic heterocycles. The van der Waals surface area contributed by atoms with Crippen molar-refractivity contribution in [2.75, 3.05) is 7.11 Å². The highest BCUT2D eigenvalue weighted by molar-refractivity contribution is 6.33. The zero-order valence-electron chi connectivity index (χ0n) is 8.25. The molecule has 0 fully saturated rings. The van der Waals surface area contributed by atoms with Crippen LogP contribution in [0.5, 0.6) is 11.5 Å². The van der Waals surface area contributed by atoms with Crippen LogP contribution in [0.4, 0.5) is 0 Å². The van der Waals surface area contributed by atoms with Crippen molar-refractivity contribution in [2.45, 2.75) is 19.4 Å². The number of methoxy groups -OCH3 is 1. The summed E-state index contributed by atoms with van der Waals surface area (Å²) in [5.41, 5.74) is 6.48. The van der Waals surface area contributed by atoms with Gasteiger partial charge in [0.2, 0.25) is 0 Å². The first-order valence-electron chi connectivity index (χ1n) is 4.36. The monoisotopic (exact) mass is 215 g/mol. The van der Waals surface area contributed by atoms with E-state index in [1.807, 2.05) is 13.0 Å². The molecule has 3 nitrogen and oxygen atoms in total. The van der Waals surface area contributed by atoms with Gasteiger partial charge in [0.05, 0.1) is 12.1 Å². The molecule has 1 aromatic carbocycles. The molecule has 78 valence electrons. The highest BCUT2D eigenvalue weighted by atomic mass is 35.5. The number of hydrogen-bond acceptors (Lipinski definition) is 3. The fraction of sp³-hybridized carbons (Fsp3) is 0.400. The fourth-order valence-corrected chi connectivity index (χ4v) is 1.49. The molecule has 0 aliphatic heterocycles. The van der Waals surface area contributed by atoms with Crippen LogP contribution < -0.4 is 10.5 Å². The lowest BCUT2D eigenvalue weighted by Crippen LogP contribution is -2.17. The topological polar surface area (TPSA) is 55.5 Å². The summed E-state index contributed by atoms with van der Waals surface area (Å²) in [6.07, 6.45) is 0.635. The number of halogens is 1. The summed E-state index contributed by atoms with van der Waals surface area (Å²) >= 11 is 5.94. The normalized spacial score (nSPS) is 12.6. The van der Waals surface area contributed by atoms with Crippen LogP contribution in [0.15, 0.2) is 12.1 Å². The average Bonchev–Trinajstić information content (AvgIpc) is 2.13. The summed E-state index contributed by atoms with van der Waals surface area (Å²) in [5, 5.41) is 9.91. The minimum Gasteiger partial charge on any atom is -0.503 e. The predicted octanol–water partition coefficient (Wildman–Crippen LogP) is 1.94. The van der Waals surface area contributed by atoms with Crippen LogP contribution >= 0.6 is 11.6 Å². The van der Waals surface area contributed by atoms with Crippen molar-refractivity contribution in [1.29, 1.82) is 0 Å². The van der Waals surface area contributed by atoms with E-state index in [1.165, 1.54) is 7.11 Å². The van der Waals surface area contributed by atoms with Gasteiger partial charge in [0.25, 0.3) is 0 Å². The minimum absolute atomic E-state index is 0.0142. The van der Waals surface area contributed by atoms with Gasteiger partial charge in [0.1, 0.15) is 0 Å². The third-order valence-corrected chi connectivity index (χ3v) is 2.34. The molecule has 1 atom stereocenters. The Morgan fingerprint density at radius 2 is 2.21 bits per heavy atom. The molecular formula is C10H14ClNO2. The molecule has 1 unspecified atom stereocenters. The first-order valence-corrected chi connectivity index (χ1v) is 4.74. The second-order valence-electron chi connectivity index (χ2n) is 3.27. The van der Waals surface area contributed by atoms with E-state index >= 15 is 0 Å². The van der Waals surface area contributed by atoms with Crippen LogP contribution in [0.2, 0.25) is 5.02 Å². The number of nitrogens with two attached hydrogens (primary N) is 1. The molecule has 0 radical (unpaired) electrons. The maximum atomic E-state index is 9.59. The molecule has 0 saturated carbocycles. The zero-order chi connectivity index (χ0) is 10.7. The smallest absolute Gasteiger partial charge is 0.177 e. The zero-order valence-corrected chi connectivity index (χ0v) is 9.01. The van der Waals surface area contributed by atoms with Gasteiger partial charge in [0.15, 0.2) is 11.5 Å². The Labute approximate surface area is 88.4 Å². The third kappa shape index (κ3) is 2.30. The first-order chi connectivity index (χ1) is 6.56. The molecule has 3 N–H and O–H groups in total. The van der Waals surface area contributed by atoms with Crippen LogP contribution in [-0.4, -0.2) is 18.3 Å². The number of phenolic OH excluding ortho intramolecular Hbond substituents is 1. The van der Waals surface area contributed by atoms with Gasteiger partial charge in [-0.15, -0.1) is 0 Å². The van der Waals surface area contributed by atoms with Crippen molar-refractivity contribution >= 4 is 11.6 Å². The summed E-state index contributed by atoms with van der Waals surface area (Å²) in [7, 11) is 1.48. The molecule has 14 heavy (non-hydrogen) atoms.